The molecule has 13 heteroatoms. The minimum Gasteiger partial charge on any atom is -0.464 e. The first kappa shape index (κ1) is 38.1. The Bertz CT molecular complexity index is 2020. The Morgan fingerprint density at radius 2 is 2.00 bits per heavy atom. The first-order valence-electron chi connectivity index (χ1n) is 19.3. The summed E-state index contributed by atoms with van der Waals surface area (Å²) in [7, 11) is 3.72. The Morgan fingerprint density at radius 1 is 1.19 bits per heavy atom. The minimum absolute atomic E-state index is 0.125. The van der Waals surface area contributed by atoms with E-state index >= 15 is 0 Å². The maximum atomic E-state index is 14.2. The molecule has 2 saturated heterocycles. The fourth-order valence-corrected chi connectivity index (χ4v) is 9.08. The van der Waals surface area contributed by atoms with Crippen molar-refractivity contribution in [2.75, 3.05) is 40.4 Å². The van der Waals surface area contributed by atoms with Crippen molar-refractivity contribution in [3.63, 3.8) is 0 Å². The molecule has 54 heavy (non-hydrogen) atoms. The second-order valence-corrected chi connectivity index (χ2v) is 16.8. The Morgan fingerprint density at radius 3 is 2.78 bits per heavy atom. The highest BCUT2D eigenvalue weighted by atomic mass is 32.1. The molecule has 0 aliphatic carbocycles. The molecule has 3 aromatic heterocycles. The molecule has 288 valence electrons. The van der Waals surface area contributed by atoms with Crippen LogP contribution in [0.2, 0.25) is 0 Å². The number of carbonyl (C=O) groups is 3. The van der Waals surface area contributed by atoms with Crippen molar-refractivity contribution >= 4 is 40.0 Å². The number of hydrazine groups is 1. The number of amides is 2. The number of pyridine rings is 1. The van der Waals surface area contributed by atoms with Crippen LogP contribution >= 0.6 is 11.3 Å². The van der Waals surface area contributed by atoms with E-state index in [2.05, 4.69) is 65.2 Å². The molecule has 4 aromatic rings. The molecule has 0 spiro atoms. The van der Waals surface area contributed by atoms with E-state index in [0.29, 0.717) is 32.4 Å². The van der Waals surface area contributed by atoms with Gasteiger partial charge in [-0.15, -0.1) is 11.3 Å². The molecule has 3 aliphatic heterocycles. The van der Waals surface area contributed by atoms with Gasteiger partial charge in [0.15, 0.2) is 0 Å². The molecular formula is C41H53N7O5S. The zero-order valence-electron chi connectivity index (χ0n) is 32.3. The fourth-order valence-electron chi connectivity index (χ4n) is 8.23. The summed E-state index contributed by atoms with van der Waals surface area (Å²) in [6.45, 7) is 11.4. The number of thiazole rings is 1. The van der Waals surface area contributed by atoms with Gasteiger partial charge in [0.05, 0.1) is 40.7 Å². The quantitative estimate of drug-likeness (QED) is 0.244. The smallest absolute Gasteiger partial charge is 0.324 e. The molecule has 0 saturated carbocycles. The van der Waals surface area contributed by atoms with E-state index in [1.165, 1.54) is 16.3 Å². The van der Waals surface area contributed by atoms with Crippen molar-refractivity contribution in [2.24, 2.45) is 11.3 Å². The Labute approximate surface area is 321 Å². The van der Waals surface area contributed by atoms with E-state index in [-0.39, 0.29) is 42.8 Å². The van der Waals surface area contributed by atoms with E-state index in [1.54, 1.807) is 7.11 Å². The number of aryl methyl sites for hydroxylation is 1. The SMILES string of the molecule is CCn1c(-c2cccnc2[C@H](C)OC)c2c3cc(ccc31)-c1csc(n1)C[C@H](NC(=O)C1CCCN(C)C1)C(=O)N1CCC[C@H](N1)C(=O)OCC(C)(C)C2. The summed E-state index contributed by atoms with van der Waals surface area (Å²) in [6, 6.07) is 9.04. The number of cyclic esters (lactones) is 1. The number of ether oxygens (including phenoxy) is 2. The van der Waals surface area contributed by atoms with Gasteiger partial charge in [-0.05, 0) is 89.4 Å². The third-order valence-corrected chi connectivity index (χ3v) is 12.0. The number of esters is 1. The summed E-state index contributed by atoms with van der Waals surface area (Å²) in [5.41, 5.74) is 9.70. The normalized spacial score (nSPS) is 23.1. The highest BCUT2D eigenvalue weighted by molar-refractivity contribution is 7.10. The van der Waals surface area contributed by atoms with Gasteiger partial charge in [0.25, 0.3) is 5.91 Å². The maximum Gasteiger partial charge on any atom is 0.324 e. The van der Waals surface area contributed by atoms with Crippen LogP contribution in [0.1, 0.15) is 75.7 Å². The van der Waals surface area contributed by atoms with E-state index < -0.39 is 17.5 Å². The number of nitrogens with one attached hydrogen (secondary N) is 2. The predicted molar refractivity (Wildman–Crippen MR) is 210 cm³/mol. The molecule has 2 N–H and O–H groups in total. The molecule has 6 bridgehead atoms. The van der Waals surface area contributed by atoms with Crippen molar-refractivity contribution in [2.45, 2.75) is 91.0 Å². The topological polar surface area (TPSA) is 131 Å². The molecular weight excluding hydrogens is 703 g/mol. The lowest BCUT2D eigenvalue weighted by molar-refractivity contribution is -0.155. The standard InChI is InChI=1S/C41H53N7O5S/c1-7-47-34-15-14-26-19-29(34)30(37(47)28-12-8-16-42-36(28)25(2)52-6)21-41(3,4)24-53-40(51)31-13-10-18-48(45-31)39(50)32(20-35-43-33(26)23-54-35)44-38(49)27-11-9-17-46(5)22-27/h8,12,14-16,19,23,25,27,31-32,45H,7,9-11,13,17-18,20-22,24H2,1-6H3,(H,44,49)/t25-,27?,31-,32-/m0/s1. The van der Waals surface area contributed by atoms with Gasteiger partial charge in [-0.1, -0.05) is 19.9 Å². The lowest BCUT2D eigenvalue weighted by atomic mass is 9.84. The monoisotopic (exact) mass is 755 g/mol. The zero-order chi connectivity index (χ0) is 38.1. The van der Waals surface area contributed by atoms with Gasteiger partial charge in [-0.2, -0.15) is 0 Å². The average molecular weight is 756 g/mol. The number of piperidine rings is 1. The van der Waals surface area contributed by atoms with Gasteiger partial charge < -0.3 is 24.3 Å². The van der Waals surface area contributed by atoms with Crippen molar-refractivity contribution in [3.05, 3.63) is 58.2 Å². The summed E-state index contributed by atoms with van der Waals surface area (Å²) in [5.74, 6) is -0.988. The maximum absolute atomic E-state index is 14.2. The first-order chi connectivity index (χ1) is 26.0. The lowest BCUT2D eigenvalue weighted by Gasteiger charge is -2.36. The molecule has 7 rings (SSSR count). The Balaban J connectivity index is 1.33. The van der Waals surface area contributed by atoms with Crippen LogP contribution < -0.4 is 10.7 Å². The molecule has 3 aliphatic rings. The van der Waals surface area contributed by atoms with Crippen LogP contribution in [0, 0.1) is 11.3 Å². The molecule has 12 nitrogen and oxygen atoms in total. The van der Waals surface area contributed by atoms with Gasteiger partial charge in [0.2, 0.25) is 5.91 Å². The van der Waals surface area contributed by atoms with E-state index in [4.69, 9.17) is 19.4 Å². The summed E-state index contributed by atoms with van der Waals surface area (Å²) in [5, 5.41) is 8.49. The molecule has 6 heterocycles. The van der Waals surface area contributed by atoms with Crippen LogP contribution in [0.3, 0.4) is 0 Å². The molecule has 1 aromatic carbocycles. The third-order valence-electron chi connectivity index (χ3n) is 11.2. The second-order valence-electron chi connectivity index (χ2n) is 15.9. The zero-order valence-corrected chi connectivity index (χ0v) is 33.1. The number of rotatable bonds is 6. The Kier molecular flexibility index (Phi) is 11.2. The van der Waals surface area contributed by atoms with Gasteiger partial charge in [0, 0.05) is 72.2 Å². The molecule has 2 fully saturated rings. The van der Waals surface area contributed by atoms with E-state index in [0.717, 1.165) is 75.6 Å². The summed E-state index contributed by atoms with van der Waals surface area (Å²) < 4.78 is 14.2. The predicted octanol–water partition coefficient (Wildman–Crippen LogP) is 5.54. The highest BCUT2D eigenvalue weighted by Gasteiger charge is 2.37. The van der Waals surface area contributed by atoms with Gasteiger partial charge >= 0.3 is 5.97 Å². The number of aromatic nitrogens is 3. The van der Waals surface area contributed by atoms with Crippen LogP contribution in [-0.4, -0.2) is 94.7 Å². The number of hydrogen-bond donors (Lipinski definition) is 2. The fraction of sp³-hybridized carbons (Fsp3) is 0.537. The summed E-state index contributed by atoms with van der Waals surface area (Å²) in [4.78, 5) is 53.5. The van der Waals surface area contributed by atoms with E-state index in [9.17, 15) is 14.4 Å². The lowest BCUT2D eigenvalue weighted by Crippen LogP contribution is -2.61. The summed E-state index contributed by atoms with van der Waals surface area (Å²) >= 11 is 1.49. The second kappa shape index (κ2) is 15.9. The third kappa shape index (κ3) is 7.82. The molecule has 0 radical (unpaired) electrons. The van der Waals surface area contributed by atoms with Crippen LogP contribution in [0.25, 0.3) is 33.4 Å². The first-order valence-corrected chi connectivity index (χ1v) is 20.1. The highest BCUT2D eigenvalue weighted by Crippen LogP contribution is 2.42. The number of nitrogens with zero attached hydrogens (tertiary/aromatic N) is 5. The number of carbonyl (C=O) groups excluding carboxylic acids is 3. The number of benzene rings is 1. The number of likely N-dealkylation sites (tertiary alicyclic amines) is 1. The van der Waals surface area contributed by atoms with Crippen molar-refractivity contribution in [1.82, 2.24) is 35.2 Å². The molecule has 4 atom stereocenters. The van der Waals surface area contributed by atoms with Gasteiger partial charge in [-0.3, -0.25) is 24.4 Å². The Hall–Kier alpha value is -4.17. The average Bonchev–Trinajstić information content (AvgIpc) is 3.77. The molecule has 2 amide bonds. The number of fused-ring (bicyclic) bond motifs is 6. The number of methoxy groups -OCH3 is 1. The van der Waals surface area contributed by atoms with Crippen LogP contribution in [0.5, 0.6) is 0 Å². The van der Waals surface area contributed by atoms with Crippen LogP contribution in [0.4, 0.5) is 0 Å². The van der Waals surface area contributed by atoms with Crippen LogP contribution in [0.15, 0.2) is 41.9 Å². The number of hydrogen-bond acceptors (Lipinski definition) is 10. The van der Waals surface area contributed by atoms with Crippen molar-refractivity contribution in [1.29, 1.82) is 0 Å². The van der Waals surface area contributed by atoms with Gasteiger partial charge in [-0.25, -0.2) is 10.4 Å². The van der Waals surface area contributed by atoms with Crippen LogP contribution in [-0.2, 0) is 43.2 Å². The van der Waals surface area contributed by atoms with Gasteiger partial charge in [0.1, 0.15) is 12.1 Å². The van der Waals surface area contributed by atoms with E-state index in [1.807, 2.05) is 31.6 Å². The minimum atomic E-state index is -0.845. The summed E-state index contributed by atoms with van der Waals surface area (Å²) in [6.07, 6.45) is 5.34. The van der Waals surface area contributed by atoms with Crippen molar-refractivity contribution < 1.29 is 23.9 Å². The largest absolute Gasteiger partial charge is 0.464 e. The molecule has 1 unspecified atom stereocenters. The van der Waals surface area contributed by atoms with Crippen molar-refractivity contribution in [3.8, 4) is 22.5 Å².